The summed E-state index contributed by atoms with van der Waals surface area (Å²) in [4.78, 5) is 98.5. The Hall–Kier alpha value is -4.53. The van der Waals surface area contributed by atoms with Crippen molar-refractivity contribution in [3.05, 3.63) is 35.9 Å². The van der Waals surface area contributed by atoms with Crippen molar-refractivity contribution in [3.8, 4) is 0 Å². The molecule has 1 aromatic rings. The second-order valence-electron chi connectivity index (χ2n) is 14.2. The lowest BCUT2D eigenvalue weighted by molar-refractivity contribution is -0.148. The minimum Gasteiger partial charge on any atom is -0.394 e. The van der Waals surface area contributed by atoms with Crippen LogP contribution in [0.1, 0.15) is 71.8 Å². The Morgan fingerprint density at radius 3 is 1.98 bits per heavy atom. The van der Waals surface area contributed by atoms with Crippen molar-refractivity contribution in [3.63, 3.8) is 0 Å². The van der Waals surface area contributed by atoms with E-state index in [-0.39, 0.29) is 37.1 Å². The maximum Gasteiger partial charge on any atom is 0.246 e. The van der Waals surface area contributed by atoms with Gasteiger partial charge in [-0.1, -0.05) is 64.4 Å². The normalized spacial score (nSPS) is 28.2. The van der Waals surface area contributed by atoms with E-state index in [0.717, 1.165) is 5.56 Å². The second-order valence-corrected chi connectivity index (χ2v) is 14.2. The lowest BCUT2D eigenvalue weighted by atomic mass is 9.96. The molecule has 15 nitrogen and oxygen atoms in total. The summed E-state index contributed by atoms with van der Waals surface area (Å²) in [5, 5.41) is 23.3. The first-order valence-electron chi connectivity index (χ1n) is 18.1. The van der Waals surface area contributed by atoms with Gasteiger partial charge in [0, 0.05) is 19.5 Å². The summed E-state index contributed by atoms with van der Waals surface area (Å²) in [7, 11) is 0. The van der Waals surface area contributed by atoms with Gasteiger partial charge in [-0.25, -0.2) is 0 Å². The minimum absolute atomic E-state index is 0.0341. The van der Waals surface area contributed by atoms with Gasteiger partial charge in [0.1, 0.15) is 36.3 Å². The third kappa shape index (κ3) is 10.0. The van der Waals surface area contributed by atoms with Crippen LogP contribution < -0.4 is 26.6 Å². The third-order valence-corrected chi connectivity index (χ3v) is 9.95. The predicted molar refractivity (Wildman–Crippen MR) is 186 cm³/mol. The maximum absolute atomic E-state index is 14.1. The average Bonchev–Trinajstić information content (AvgIpc) is 3.81. The molecule has 0 spiro atoms. The van der Waals surface area contributed by atoms with Gasteiger partial charge in [-0.05, 0) is 49.5 Å². The van der Waals surface area contributed by atoms with Crippen molar-refractivity contribution in [1.29, 1.82) is 0 Å². The van der Waals surface area contributed by atoms with E-state index >= 15 is 0 Å². The maximum atomic E-state index is 14.1. The van der Waals surface area contributed by atoms with Gasteiger partial charge >= 0.3 is 0 Å². The van der Waals surface area contributed by atoms with Crippen molar-refractivity contribution in [1.82, 2.24) is 36.4 Å². The van der Waals surface area contributed by atoms with Crippen LogP contribution in [0.15, 0.2) is 30.3 Å². The van der Waals surface area contributed by atoms with E-state index in [1.54, 1.807) is 24.3 Å². The standard InChI is InChI=1S/C36H53N7O8/c1-5-22(4)30-34(49)39-24(18-23-11-7-6-8-12-23)31(46)37-19-29(45)38-26(20-44)32(47)40-25(17-21(2)3)35(50)43-16-10-14-28(43)36(51)42-15-9-13-27(42)33(48)41-30/h6-8,11-12,21-22,24-28,30,44H,5,9-10,13-20H2,1-4H3,(H,37,46)(H,38,45)(H,39,49)(H,40,47)(H,41,48)/t22-,24-,25+,26+,27-,28-,30+/m0/s1. The summed E-state index contributed by atoms with van der Waals surface area (Å²) < 4.78 is 0. The van der Waals surface area contributed by atoms with E-state index in [4.69, 9.17) is 0 Å². The Labute approximate surface area is 299 Å². The van der Waals surface area contributed by atoms with Crippen molar-refractivity contribution >= 4 is 41.4 Å². The molecule has 51 heavy (non-hydrogen) atoms. The third-order valence-electron chi connectivity index (χ3n) is 9.95. The Morgan fingerprint density at radius 2 is 1.35 bits per heavy atom. The molecule has 0 aliphatic carbocycles. The summed E-state index contributed by atoms with van der Waals surface area (Å²) in [6, 6.07) is 2.62. The van der Waals surface area contributed by atoms with Gasteiger partial charge in [-0.15, -0.1) is 0 Å². The molecule has 3 fully saturated rings. The van der Waals surface area contributed by atoms with Crippen LogP contribution in [-0.2, 0) is 40.0 Å². The van der Waals surface area contributed by atoms with Crippen LogP contribution in [0.3, 0.4) is 0 Å². The molecule has 3 saturated heterocycles. The zero-order valence-corrected chi connectivity index (χ0v) is 30.0. The second kappa shape index (κ2) is 18.1. The number of nitrogens with one attached hydrogen (secondary N) is 5. The highest BCUT2D eigenvalue weighted by molar-refractivity contribution is 5.98. The number of aliphatic hydroxyl groups excluding tert-OH is 1. The molecule has 0 radical (unpaired) electrons. The number of carbonyl (C=O) groups is 7. The molecule has 280 valence electrons. The SMILES string of the molecule is CC[C@H](C)[C@H]1NC(=O)[C@@H]2CCCN2C(=O)[C@@H]2CCCN2C(=O)[C@@H](CC(C)C)NC(=O)[C@@H](CO)NC(=O)CNC(=O)[C@H](Cc2ccccc2)NC1=O. The molecule has 1 aromatic carbocycles. The summed E-state index contributed by atoms with van der Waals surface area (Å²) in [6.07, 6.45) is 2.71. The van der Waals surface area contributed by atoms with Crippen LogP contribution in [0.5, 0.6) is 0 Å². The Morgan fingerprint density at radius 1 is 0.725 bits per heavy atom. The topological polar surface area (TPSA) is 206 Å². The van der Waals surface area contributed by atoms with Gasteiger partial charge in [0.15, 0.2) is 0 Å². The van der Waals surface area contributed by atoms with Crippen molar-refractivity contribution in [2.24, 2.45) is 11.8 Å². The fourth-order valence-corrected chi connectivity index (χ4v) is 6.95. The van der Waals surface area contributed by atoms with E-state index in [9.17, 15) is 38.7 Å². The van der Waals surface area contributed by atoms with E-state index in [2.05, 4.69) is 26.6 Å². The molecule has 0 aromatic heterocycles. The fourth-order valence-electron chi connectivity index (χ4n) is 6.95. The number of rotatable bonds is 7. The monoisotopic (exact) mass is 711 g/mol. The number of hydrogen-bond donors (Lipinski definition) is 6. The van der Waals surface area contributed by atoms with Crippen LogP contribution in [0.4, 0.5) is 0 Å². The Balaban J connectivity index is 1.69. The number of amides is 7. The van der Waals surface area contributed by atoms with Crippen LogP contribution in [0.2, 0.25) is 0 Å². The fraction of sp³-hybridized carbons (Fsp3) is 0.639. The van der Waals surface area contributed by atoms with Gasteiger partial charge < -0.3 is 41.5 Å². The molecule has 15 heteroatoms. The van der Waals surface area contributed by atoms with Crippen LogP contribution in [-0.4, -0.2) is 119 Å². The molecule has 3 aliphatic rings. The zero-order chi connectivity index (χ0) is 37.2. The zero-order valence-electron chi connectivity index (χ0n) is 30.0. The van der Waals surface area contributed by atoms with Crippen LogP contribution in [0.25, 0.3) is 0 Å². The molecule has 3 aliphatic heterocycles. The molecule has 6 N–H and O–H groups in total. The number of benzene rings is 1. The first-order chi connectivity index (χ1) is 24.3. The summed E-state index contributed by atoms with van der Waals surface area (Å²) in [5.74, 6) is -4.56. The van der Waals surface area contributed by atoms with Gasteiger partial charge in [0.2, 0.25) is 41.4 Å². The highest BCUT2D eigenvalue weighted by atomic mass is 16.3. The van der Waals surface area contributed by atoms with Crippen molar-refractivity contribution in [2.75, 3.05) is 26.2 Å². The molecule has 0 saturated carbocycles. The number of fused-ring (bicyclic) bond motifs is 2. The van der Waals surface area contributed by atoms with E-state index < -0.39 is 84.8 Å². The quantitative estimate of drug-likeness (QED) is 0.214. The number of nitrogens with zero attached hydrogens (tertiary/aromatic N) is 2. The molecular formula is C36H53N7O8. The van der Waals surface area contributed by atoms with E-state index in [0.29, 0.717) is 38.6 Å². The highest BCUT2D eigenvalue weighted by Crippen LogP contribution is 2.27. The smallest absolute Gasteiger partial charge is 0.246 e. The van der Waals surface area contributed by atoms with Crippen molar-refractivity contribution in [2.45, 2.75) is 109 Å². The molecular weight excluding hydrogens is 658 g/mol. The van der Waals surface area contributed by atoms with Gasteiger partial charge in [0.05, 0.1) is 13.2 Å². The molecule has 7 atom stereocenters. The lowest BCUT2D eigenvalue weighted by Gasteiger charge is -2.34. The summed E-state index contributed by atoms with van der Waals surface area (Å²) >= 11 is 0. The average molecular weight is 712 g/mol. The van der Waals surface area contributed by atoms with E-state index in [1.807, 2.05) is 33.8 Å². The van der Waals surface area contributed by atoms with Gasteiger partial charge in [-0.3, -0.25) is 33.6 Å². The molecule has 3 heterocycles. The largest absolute Gasteiger partial charge is 0.394 e. The minimum atomic E-state index is -1.43. The molecule has 0 unspecified atom stereocenters. The summed E-state index contributed by atoms with van der Waals surface area (Å²) in [6.45, 7) is 6.68. The highest BCUT2D eigenvalue weighted by Gasteiger charge is 2.44. The first-order valence-corrected chi connectivity index (χ1v) is 18.1. The molecule has 7 amide bonds. The first kappa shape index (κ1) is 39.3. The Kier molecular flexibility index (Phi) is 13.9. The van der Waals surface area contributed by atoms with E-state index in [1.165, 1.54) is 9.80 Å². The number of hydrogen-bond acceptors (Lipinski definition) is 8. The van der Waals surface area contributed by atoms with Crippen molar-refractivity contribution < 1.29 is 38.7 Å². The Bertz CT molecular complexity index is 1440. The van der Waals surface area contributed by atoms with Crippen LogP contribution in [0, 0.1) is 11.8 Å². The molecule has 4 rings (SSSR count). The molecule has 0 bridgehead atoms. The number of aliphatic hydroxyl groups is 1. The summed E-state index contributed by atoms with van der Waals surface area (Å²) in [5.41, 5.74) is 0.737. The lowest BCUT2D eigenvalue weighted by Crippen LogP contribution is -2.60. The number of carbonyl (C=O) groups excluding carboxylic acids is 7. The van der Waals surface area contributed by atoms with Gasteiger partial charge in [-0.2, -0.15) is 0 Å². The van der Waals surface area contributed by atoms with Gasteiger partial charge in [0.25, 0.3) is 0 Å². The predicted octanol–water partition coefficient (Wildman–Crippen LogP) is -0.635. The van der Waals surface area contributed by atoms with Crippen LogP contribution >= 0.6 is 0 Å².